The van der Waals surface area contributed by atoms with Crippen molar-refractivity contribution in [1.82, 2.24) is 14.8 Å². The summed E-state index contributed by atoms with van der Waals surface area (Å²) >= 11 is 6.12. The van der Waals surface area contributed by atoms with Crippen LogP contribution in [0.15, 0.2) is 52.9 Å². The summed E-state index contributed by atoms with van der Waals surface area (Å²) in [4.78, 5) is 33.1. The first-order valence-corrected chi connectivity index (χ1v) is 9.65. The summed E-state index contributed by atoms with van der Waals surface area (Å²) in [6.07, 6.45) is 0.803. The highest BCUT2D eigenvalue weighted by Gasteiger charge is 2.25. The quantitative estimate of drug-likeness (QED) is 0.676. The van der Waals surface area contributed by atoms with E-state index in [1.165, 1.54) is 0 Å². The Hall–Kier alpha value is -2.86. The lowest BCUT2D eigenvalue weighted by molar-refractivity contribution is -0.132. The number of aromatic nitrogens is 1. The van der Waals surface area contributed by atoms with Gasteiger partial charge in [0, 0.05) is 39.0 Å². The van der Waals surface area contributed by atoms with Gasteiger partial charge in [-0.2, -0.15) is 0 Å². The summed E-state index contributed by atoms with van der Waals surface area (Å²) in [5, 5.41) is 0.448. The maximum atomic E-state index is 12.6. The maximum Gasteiger partial charge on any atom is 0.255 e. The molecule has 1 fully saturated rings. The Morgan fingerprint density at radius 3 is 2.39 bits per heavy atom. The monoisotopic (exact) mass is 397 g/mol. The highest BCUT2D eigenvalue weighted by atomic mass is 35.5. The van der Waals surface area contributed by atoms with Gasteiger partial charge in [0.15, 0.2) is 11.5 Å². The van der Waals surface area contributed by atoms with Gasteiger partial charge in [-0.05, 0) is 24.3 Å². The molecule has 3 aromatic rings. The molecule has 2 aromatic carbocycles. The summed E-state index contributed by atoms with van der Waals surface area (Å²) in [5.74, 6) is 0.526. The number of oxazole rings is 1. The predicted molar refractivity (Wildman–Crippen MR) is 106 cm³/mol. The van der Waals surface area contributed by atoms with Crippen LogP contribution in [0.25, 0.3) is 11.1 Å². The van der Waals surface area contributed by atoms with Crippen LogP contribution in [-0.2, 0) is 11.2 Å². The Bertz CT molecular complexity index is 976. The standard InChI is InChI=1S/C21H20ClN3O3/c22-16-6-2-1-5-15(16)21(27)25-13-11-24(12-14-25)20(26)10-9-19-23-17-7-3-4-8-18(17)28-19/h1-8H,9-14H2. The van der Waals surface area contributed by atoms with Gasteiger partial charge < -0.3 is 14.2 Å². The van der Waals surface area contributed by atoms with E-state index in [4.69, 9.17) is 16.0 Å². The van der Waals surface area contributed by atoms with Gasteiger partial charge >= 0.3 is 0 Å². The van der Waals surface area contributed by atoms with E-state index in [1.54, 1.807) is 34.1 Å². The Labute approximate surface area is 167 Å². The van der Waals surface area contributed by atoms with Crippen LogP contribution in [0.2, 0.25) is 5.02 Å². The van der Waals surface area contributed by atoms with Crippen molar-refractivity contribution in [3.8, 4) is 0 Å². The van der Waals surface area contributed by atoms with Crippen LogP contribution in [0.5, 0.6) is 0 Å². The number of aryl methyl sites for hydroxylation is 1. The molecule has 2 heterocycles. The number of piperazine rings is 1. The fourth-order valence-electron chi connectivity index (χ4n) is 3.36. The van der Waals surface area contributed by atoms with Crippen LogP contribution in [-0.4, -0.2) is 52.8 Å². The average molecular weight is 398 g/mol. The summed E-state index contributed by atoms with van der Waals surface area (Å²) in [6, 6.07) is 14.6. The van der Waals surface area contributed by atoms with E-state index in [0.717, 1.165) is 11.1 Å². The van der Waals surface area contributed by atoms with Crippen molar-refractivity contribution < 1.29 is 14.0 Å². The van der Waals surface area contributed by atoms with Gasteiger partial charge in [0.25, 0.3) is 5.91 Å². The zero-order chi connectivity index (χ0) is 19.5. The van der Waals surface area contributed by atoms with Crippen molar-refractivity contribution >= 4 is 34.5 Å². The van der Waals surface area contributed by atoms with Crippen molar-refractivity contribution in [2.45, 2.75) is 12.8 Å². The first kappa shape index (κ1) is 18.5. The van der Waals surface area contributed by atoms with E-state index in [2.05, 4.69) is 4.98 Å². The number of fused-ring (bicyclic) bond motifs is 1. The minimum absolute atomic E-state index is 0.0482. The molecule has 1 aliphatic heterocycles. The second kappa shape index (κ2) is 8.02. The molecule has 0 saturated carbocycles. The van der Waals surface area contributed by atoms with Gasteiger partial charge in [-0.15, -0.1) is 0 Å². The number of halogens is 1. The fraction of sp³-hybridized carbons (Fsp3) is 0.286. The van der Waals surface area contributed by atoms with Crippen LogP contribution >= 0.6 is 11.6 Å². The molecule has 144 valence electrons. The summed E-state index contributed by atoms with van der Waals surface area (Å²) < 4.78 is 5.67. The zero-order valence-electron chi connectivity index (χ0n) is 15.3. The number of hydrogen-bond donors (Lipinski definition) is 0. The lowest BCUT2D eigenvalue weighted by Crippen LogP contribution is -2.50. The van der Waals surface area contributed by atoms with E-state index < -0.39 is 0 Å². The van der Waals surface area contributed by atoms with Crippen LogP contribution in [0.3, 0.4) is 0 Å². The molecule has 0 atom stereocenters. The van der Waals surface area contributed by atoms with Crippen molar-refractivity contribution in [3.05, 3.63) is 65.0 Å². The highest BCUT2D eigenvalue weighted by Crippen LogP contribution is 2.19. The molecule has 0 unspecified atom stereocenters. The zero-order valence-corrected chi connectivity index (χ0v) is 16.1. The first-order chi connectivity index (χ1) is 13.6. The molecule has 0 spiro atoms. The number of rotatable bonds is 4. The fourth-order valence-corrected chi connectivity index (χ4v) is 3.58. The molecular formula is C21H20ClN3O3. The van der Waals surface area contributed by atoms with Crippen LogP contribution < -0.4 is 0 Å². The number of carbonyl (C=O) groups excluding carboxylic acids is 2. The number of nitrogens with zero attached hydrogens (tertiary/aromatic N) is 3. The van der Waals surface area contributed by atoms with Gasteiger partial charge in [-0.25, -0.2) is 4.98 Å². The summed E-state index contributed by atoms with van der Waals surface area (Å²) in [7, 11) is 0. The molecule has 7 heteroatoms. The van der Waals surface area contributed by atoms with Crippen LogP contribution in [0.1, 0.15) is 22.7 Å². The van der Waals surface area contributed by atoms with Gasteiger partial charge in [0.05, 0.1) is 10.6 Å². The first-order valence-electron chi connectivity index (χ1n) is 9.28. The Balaban J connectivity index is 1.30. The Morgan fingerprint density at radius 2 is 1.64 bits per heavy atom. The average Bonchev–Trinajstić information content (AvgIpc) is 3.15. The van der Waals surface area contributed by atoms with Crippen molar-refractivity contribution in [2.75, 3.05) is 26.2 Å². The summed E-state index contributed by atoms with van der Waals surface area (Å²) in [6.45, 7) is 2.03. The number of amides is 2. The normalized spacial score (nSPS) is 14.5. The molecule has 0 radical (unpaired) electrons. The third-order valence-electron chi connectivity index (χ3n) is 4.91. The van der Waals surface area contributed by atoms with Crippen molar-refractivity contribution in [1.29, 1.82) is 0 Å². The molecule has 0 bridgehead atoms. The summed E-state index contributed by atoms with van der Waals surface area (Å²) in [5.41, 5.74) is 2.04. The predicted octanol–water partition coefficient (Wildman–Crippen LogP) is 3.40. The highest BCUT2D eigenvalue weighted by molar-refractivity contribution is 6.33. The lowest BCUT2D eigenvalue weighted by Gasteiger charge is -2.35. The minimum atomic E-state index is -0.0934. The molecular weight excluding hydrogens is 378 g/mol. The molecule has 1 aromatic heterocycles. The SMILES string of the molecule is O=C(CCc1nc2ccccc2o1)N1CCN(C(=O)c2ccccc2Cl)CC1. The second-order valence-electron chi connectivity index (χ2n) is 6.73. The van der Waals surface area contributed by atoms with Gasteiger partial charge in [0.1, 0.15) is 5.52 Å². The number of carbonyl (C=O) groups is 2. The molecule has 0 aliphatic carbocycles. The van der Waals surface area contributed by atoms with Gasteiger partial charge in [-0.3, -0.25) is 9.59 Å². The van der Waals surface area contributed by atoms with Crippen molar-refractivity contribution in [2.24, 2.45) is 0 Å². The lowest BCUT2D eigenvalue weighted by atomic mass is 10.1. The van der Waals surface area contributed by atoms with Gasteiger partial charge in [-0.1, -0.05) is 35.9 Å². The van der Waals surface area contributed by atoms with Crippen LogP contribution in [0, 0.1) is 0 Å². The Kier molecular flexibility index (Phi) is 5.30. The number of hydrogen-bond acceptors (Lipinski definition) is 4. The second-order valence-corrected chi connectivity index (χ2v) is 7.14. The molecule has 0 N–H and O–H groups in total. The van der Waals surface area contributed by atoms with E-state index in [-0.39, 0.29) is 11.8 Å². The van der Waals surface area contributed by atoms with E-state index >= 15 is 0 Å². The van der Waals surface area contributed by atoms with E-state index in [9.17, 15) is 9.59 Å². The number of para-hydroxylation sites is 2. The third-order valence-corrected chi connectivity index (χ3v) is 5.24. The maximum absolute atomic E-state index is 12.6. The van der Waals surface area contributed by atoms with Gasteiger partial charge in [0.2, 0.25) is 5.91 Å². The van der Waals surface area contributed by atoms with Crippen LogP contribution in [0.4, 0.5) is 0 Å². The topological polar surface area (TPSA) is 66.7 Å². The molecule has 6 nitrogen and oxygen atoms in total. The molecule has 1 aliphatic rings. The van der Waals surface area contributed by atoms with E-state index in [0.29, 0.717) is 55.5 Å². The smallest absolute Gasteiger partial charge is 0.255 e. The van der Waals surface area contributed by atoms with Crippen molar-refractivity contribution in [3.63, 3.8) is 0 Å². The molecule has 28 heavy (non-hydrogen) atoms. The Morgan fingerprint density at radius 1 is 0.964 bits per heavy atom. The third kappa shape index (κ3) is 3.87. The minimum Gasteiger partial charge on any atom is -0.441 e. The molecule has 4 rings (SSSR count). The molecule has 1 saturated heterocycles. The number of benzene rings is 2. The molecule has 2 amide bonds. The van der Waals surface area contributed by atoms with E-state index in [1.807, 2.05) is 24.3 Å². The largest absolute Gasteiger partial charge is 0.441 e.